The van der Waals surface area contributed by atoms with Gasteiger partial charge in [-0.25, -0.2) is 0 Å². The van der Waals surface area contributed by atoms with Crippen LogP contribution in [0.4, 0.5) is 0 Å². The maximum Gasteiger partial charge on any atom is 0.0648 e. The van der Waals surface area contributed by atoms with Gasteiger partial charge in [0.05, 0.1) is 5.60 Å². The molecule has 1 heteroatoms. The van der Waals surface area contributed by atoms with Crippen molar-refractivity contribution in [3.05, 3.63) is 11.6 Å². The Balaban J connectivity index is 1.58. The van der Waals surface area contributed by atoms with Gasteiger partial charge in [0.25, 0.3) is 0 Å². The number of hydrogen-bond acceptors (Lipinski definition) is 1. The first-order valence-electron chi connectivity index (χ1n) is 10.2. The van der Waals surface area contributed by atoms with Crippen LogP contribution in [-0.2, 0) is 0 Å². The van der Waals surface area contributed by atoms with E-state index in [-0.39, 0.29) is 0 Å². The lowest BCUT2D eigenvalue weighted by Gasteiger charge is -2.57. The molecule has 4 rings (SSSR count). The monoisotopic (exact) mass is 316 g/mol. The SMILES string of the molecule is C/C=C1/CC[C@H]2[C@@H]3CC[C@@H]4C[C@](C)(O)[C@@H](C)C[C@@H]4[C@H]3CC[C@]12C. The molecule has 23 heavy (non-hydrogen) atoms. The van der Waals surface area contributed by atoms with Gasteiger partial charge in [0.2, 0.25) is 0 Å². The summed E-state index contributed by atoms with van der Waals surface area (Å²) in [5.41, 5.74) is 1.88. The fourth-order valence-corrected chi connectivity index (χ4v) is 7.57. The maximum atomic E-state index is 10.7. The van der Waals surface area contributed by atoms with E-state index in [1.165, 1.54) is 44.9 Å². The maximum absolute atomic E-state index is 10.7. The lowest BCUT2D eigenvalue weighted by atomic mass is 9.48. The van der Waals surface area contributed by atoms with Crippen LogP contribution in [-0.4, -0.2) is 10.7 Å². The van der Waals surface area contributed by atoms with Crippen LogP contribution >= 0.6 is 0 Å². The third-order valence-electron chi connectivity index (χ3n) is 9.08. The van der Waals surface area contributed by atoms with Crippen molar-refractivity contribution in [1.29, 1.82) is 0 Å². The fraction of sp³-hybridized carbons (Fsp3) is 0.909. The van der Waals surface area contributed by atoms with E-state index in [1.54, 1.807) is 5.57 Å². The van der Waals surface area contributed by atoms with Gasteiger partial charge >= 0.3 is 0 Å². The average molecular weight is 317 g/mol. The van der Waals surface area contributed by atoms with Gasteiger partial charge in [-0.05, 0) is 106 Å². The molecule has 1 N–H and O–H groups in total. The topological polar surface area (TPSA) is 20.2 Å². The van der Waals surface area contributed by atoms with Crippen LogP contribution in [0.5, 0.6) is 0 Å². The van der Waals surface area contributed by atoms with Crippen molar-refractivity contribution in [2.45, 2.75) is 84.7 Å². The minimum absolute atomic E-state index is 0.414. The molecule has 4 saturated carbocycles. The summed E-state index contributed by atoms with van der Waals surface area (Å²) in [6.45, 7) is 9.22. The number of fused-ring (bicyclic) bond motifs is 5. The van der Waals surface area contributed by atoms with Crippen LogP contribution in [0.25, 0.3) is 0 Å². The molecule has 0 amide bonds. The molecule has 130 valence electrons. The highest BCUT2D eigenvalue weighted by molar-refractivity contribution is 5.23. The van der Waals surface area contributed by atoms with Gasteiger partial charge in [-0.15, -0.1) is 0 Å². The highest BCUT2D eigenvalue weighted by Gasteiger charge is 2.56. The van der Waals surface area contributed by atoms with Gasteiger partial charge < -0.3 is 5.11 Å². The minimum Gasteiger partial charge on any atom is -0.390 e. The Labute approximate surface area is 142 Å². The summed E-state index contributed by atoms with van der Waals surface area (Å²) in [6, 6.07) is 0. The van der Waals surface area contributed by atoms with Crippen molar-refractivity contribution in [1.82, 2.24) is 0 Å². The van der Waals surface area contributed by atoms with Crippen LogP contribution < -0.4 is 0 Å². The third kappa shape index (κ3) is 2.29. The Bertz CT molecular complexity index is 504. The second-order valence-electron chi connectivity index (χ2n) is 9.94. The van der Waals surface area contributed by atoms with E-state index in [9.17, 15) is 5.11 Å². The standard InChI is InChI=1S/C22H36O/c1-5-16-7-9-20-18-8-6-15-13-22(4,23)14(2)12-19(15)17(18)10-11-21(16,20)3/h5,14-15,17-20,23H,6-13H2,1-4H3/b16-5-/t14-,15+,17-,18+,19-,20-,21+,22-/m0/s1. The first kappa shape index (κ1) is 16.2. The second-order valence-corrected chi connectivity index (χ2v) is 9.94. The van der Waals surface area contributed by atoms with E-state index in [2.05, 4.69) is 33.8 Å². The molecule has 8 atom stereocenters. The minimum atomic E-state index is -0.414. The Hall–Kier alpha value is -0.300. The van der Waals surface area contributed by atoms with Gasteiger partial charge in [-0.3, -0.25) is 0 Å². The lowest BCUT2D eigenvalue weighted by molar-refractivity contribution is -0.116. The molecular formula is C22H36O. The molecule has 0 heterocycles. The van der Waals surface area contributed by atoms with Crippen LogP contribution in [0.2, 0.25) is 0 Å². The van der Waals surface area contributed by atoms with Crippen LogP contribution in [0.1, 0.15) is 79.1 Å². The van der Waals surface area contributed by atoms with Crippen molar-refractivity contribution >= 4 is 0 Å². The molecule has 4 aliphatic carbocycles. The zero-order chi connectivity index (χ0) is 16.4. The van der Waals surface area contributed by atoms with Crippen molar-refractivity contribution in [3.63, 3.8) is 0 Å². The molecule has 0 unspecified atom stereocenters. The predicted molar refractivity (Wildman–Crippen MR) is 96.0 cm³/mol. The number of aliphatic hydroxyl groups is 1. The smallest absolute Gasteiger partial charge is 0.0648 e. The molecule has 1 nitrogen and oxygen atoms in total. The lowest BCUT2D eigenvalue weighted by Crippen LogP contribution is -2.52. The quantitative estimate of drug-likeness (QED) is 0.578. The summed E-state index contributed by atoms with van der Waals surface area (Å²) in [5.74, 6) is 5.07. The Morgan fingerprint density at radius 2 is 1.83 bits per heavy atom. The summed E-state index contributed by atoms with van der Waals surface area (Å²) in [5, 5.41) is 10.7. The largest absolute Gasteiger partial charge is 0.390 e. The summed E-state index contributed by atoms with van der Waals surface area (Å²) >= 11 is 0. The van der Waals surface area contributed by atoms with Gasteiger partial charge in [0.1, 0.15) is 0 Å². The molecule has 4 aliphatic rings. The van der Waals surface area contributed by atoms with E-state index in [1.807, 2.05) is 0 Å². The van der Waals surface area contributed by atoms with Crippen molar-refractivity contribution in [2.24, 2.45) is 40.9 Å². The highest BCUT2D eigenvalue weighted by Crippen LogP contribution is 2.64. The predicted octanol–water partition coefficient (Wildman–Crippen LogP) is 5.58. The molecule has 0 saturated heterocycles. The number of hydrogen-bond donors (Lipinski definition) is 1. The summed E-state index contributed by atoms with van der Waals surface area (Å²) < 4.78 is 0. The van der Waals surface area contributed by atoms with Crippen LogP contribution in [0.15, 0.2) is 11.6 Å². The van der Waals surface area contributed by atoms with E-state index < -0.39 is 5.60 Å². The molecule has 4 fully saturated rings. The Morgan fingerprint density at radius 3 is 2.57 bits per heavy atom. The van der Waals surface area contributed by atoms with E-state index >= 15 is 0 Å². The van der Waals surface area contributed by atoms with Crippen molar-refractivity contribution in [2.75, 3.05) is 0 Å². The first-order chi connectivity index (χ1) is 10.9. The molecule has 0 radical (unpaired) electrons. The van der Waals surface area contributed by atoms with Crippen molar-refractivity contribution in [3.8, 4) is 0 Å². The Morgan fingerprint density at radius 1 is 1.04 bits per heavy atom. The van der Waals surface area contributed by atoms with Gasteiger partial charge in [-0.2, -0.15) is 0 Å². The highest BCUT2D eigenvalue weighted by atomic mass is 16.3. The summed E-state index contributed by atoms with van der Waals surface area (Å²) in [7, 11) is 0. The second kappa shape index (κ2) is 5.35. The van der Waals surface area contributed by atoms with Crippen molar-refractivity contribution < 1.29 is 5.11 Å². The Kier molecular flexibility index (Phi) is 3.76. The average Bonchev–Trinajstić information content (AvgIpc) is 2.84. The van der Waals surface area contributed by atoms with Crippen LogP contribution in [0, 0.1) is 40.9 Å². The van der Waals surface area contributed by atoms with Crippen LogP contribution in [0.3, 0.4) is 0 Å². The van der Waals surface area contributed by atoms with Gasteiger partial charge in [0.15, 0.2) is 0 Å². The molecule has 0 aliphatic heterocycles. The fourth-order valence-electron chi connectivity index (χ4n) is 7.57. The zero-order valence-corrected chi connectivity index (χ0v) is 15.6. The molecule has 0 spiro atoms. The summed E-state index contributed by atoms with van der Waals surface area (Å²) in [4.78, 5) is 0. The first-order valence-corrected chi connectivity index (χ1v) is 10.2. The number of rotatable bonds is 0. The van der Waals surface area contributed by atoms with E-state index in [0.717, 1.165) is 36.0 Å². The molecular weight excluding hydrogens is 280 g/mol. The normalized spacial score (nSPS) is 57.7. The molecule has 0 aromatic carbocycles. The van der Waals surface area contributed by atoms with E-state index in [0.29, 0.717) is 11.3 Å². The van der Waals surface area contributed by atoms with Gasteiger partial charge in [0, 0.05) is 0 Å². The molecule has 0 aromatic rings. The van der Waals surface area contributed by atoms with Gasteiger partial charge in [-0.1, -0.05) is 25.5 Å². The number of allylic oxidation sites excluding steroid dienone is 2. The zero-order valence-electron chi connectivity index (χ0n) is 15.6. The summed E-state index contributed by atoms with van der Waals surface area (Å²) in [6.07, 6.45) is 13.3. The molecule has 0 aromatic heterocycles. The van der Waals surface area contributed by atoms with E-state index in [4.69, 9.17) is 0 Å². The molecule has 0 bridgehead atoms. The third-order valence-corrected chi connectivity index (χ3v) is 9.08.